The molecule has 0 aliphatic carbocycles. The van der Waals surface area contributed by atoms with Crippen LogP contribution in [0.5, 0.6) is 11.5 Å². The minimum absolute atomic E-state index is 0.196. The maximum Gasteiger partial charge on any atom is 0.274 e. The van der Waals surface area contributed by atoms with Crippen molar-refractivity contribution in [2.24, 2.45) is 0 Å². The van der Waals surface area contributed by atoms with E-state index in [-0.39, 0.29) is 12.7 Å². The number of aryl methyl sites for hydroxylation is 1. The average Bonchev–Trinajstić information content (AvgIpc) is 3.16. The van der Waals surface area contributed by atoms with Crippen molar-refractivity contribution >= 4 is 23.0 Å². The first-order valence-electron chi connectivity index (χ1n) is 8.75. The number of aromatic nitrogens is 1. The number of rotatable bonds is 5. The van der Waals surface area contributed by atoms with Crippen molar-refractivity contribution in [3.05, 3.63) is 72.1 Å². The minimum Gasteiger partial charge on any atom is -0.454 e. The quantitative estimate of drug-likeness (QED) is 0.706. The van der Waals surface area contributed by atoms with Gasteiger partial charge in [-0.1, -0.05) is 25.1 Å². The molecule has 1 aliphatic heterocycles. The minimum atomic E-state index is -0.290. The Morgan fingerprint density at radius 2 is 1.89 bits per heavy atom. The molecule has 6 nitrogen and oxygen atoms in total. The van der Waals surface area contributed by atoms with Crippen LogP contribution in [0.2, 0.25) is 0 Å². The number of para-hydroxylation sites is 1. The first-order valence-corrected chi connectivity index (χ1v) is 8.75. The lowest BCUT2D eigenvalue weighted by Crippen LogP contribution is -2.13. The first-order chi connectivity index (χ1) is 13.2. The van der Waals surface area contributed by atoms with Gasteiger partial charge >= 0.3 is 0 Å². The second-order valence-corrected chi connectivity index (χ2v) is 6.09. The summed E-state index contributed by atoms with van der Waals surface area (Å²) in [5.41, 5.74) is 3.99. The zero-order chi connectivity index (χ0) is 18.6. The number of nitrogens with zero attached hydrogens (tertiary/aromatic N) is 1. The van der Waals surface area contributed by atoms with Gasteiger partial charge in [-0.15, -0.1) is 0 Å². The maximum absolute atomic E-state index is 12.6. The van der Waals surface area contributed by atoms with Crippen LogP contribution in [0.3, 0.4) is 0 Å². The molecule has 1 aromatic heterocycles. The van der Waals surface area contributed by atoms with Crippen molar-refractivity contribution in [1.82, 2.24) is 4.98 Å². The monoisotopic (exact) mass is 361 g/mol. The third-order valence-corrected chi connectivity index (χ3v) is 4.30. The second-order valence-electron chi connectivity index (χ2n) is 6.09. The van der Waals surface area contributed by atoms with E-state index in [1.54, 1.807) is 30.5 Å². The van der Waals surface area contributed by atoms with Crippen molar-refractivity contribution in [2.75, 3.05) is 17.4 Å². The van der Waals surface area contributed by atoms with E-state index in [4.69, 9.17) is 9.47 Å². The van der Waals surface area contributed by atoms with E-state index in [0.717, 1.165) is 17.8 Å². The Morgan fingerprint density at radius 1 is 1.04 bits per heavy atom. The number of pyridine rings is 1. The molecular weight excluding hydrogens is 342 g/mol. The van der Waals surface area contributed by atoms with E-state index < -0.39 is 0 Å². The van der Waals surface area contributed by atoms with Gasteiger partial charge in [0.05, 0.1) is 0 Å². The smallest absolute Gasteiger partial charge is 0.274 e. The van der Waals surface area contributed by atoms with Crippen LogP contribution in [0, 0.1) is 0 Å². The number of hydrogen-bond acceptors (Lipinski definition) is 5. The molecule has 136 valence electrons. The Kier molecular flexibility index (Phi) is 4.61. The Balaban J connectivity index is 1.51. The fourth-order valence-corrected chi connectivity index (χ4v) is 2.91. The summed E-state index contributed by atoms with van der Waals surface area (Å²) in [5.74, 6) is 1.00. The molecule has 0 bridgehead atoms. The molecule has 2 aromatic carbocycles. The lowest BCUT2D eigenvalue weighted by atomic mass is 10.1. The van der Waals surface area contributed by atoms with E-state index in [2.05, 4.69) is 28.6 Å². The van der Waals surface area contributed by atoms with Crippen LogP contribution < -0.4 is 20.1 Å². The highest BCUT2D eigenvalue weighted by molar-refractivity contribution is 6.03. The van der Waals surface area contributed by atoms with Crippen LogP contribution in [0.25, 0.3) is 0 Å². The van der Waals surface area contributed by atoms with Crippen LogP contribution in [-0.2, 0) is 6.42 Å². The van der Waals surface area contributed by atoms with Gasteiger partial charge in [0.2, 0.25) is 6.79 Å². The number of hydrogen-bond donors (Lipinski definition) is 2. The molecule has 0 saturated heterocycles. The zero-order valence-electron chi connectivity index (χ0n) is 14.9. The largest absolute Gasteiger partial charge is 0.454 e. The molecule has 3 aromatic rings. The van der Waals surface area contributed by atoms with Crippen molar-refractivity contribution in [2.45, 2.75) is 13.3 Å². The molecule has 0 spiro atoms. The van der Waals surface area contributed by atoms with Gasteiger partial charge in [-0.25, -0.2) is 0 Å². The third kappa shape index (κ3) is 3.69. The van der Waals surface area contributed by atoms with Crippen LogP contribution in [0.15, 0.2) is 60.8 Å². The number of amides is 1. The standard InChI is InChI=1S/C21H19N3O3/c1-2-14-5-3-4-6-17(14)23-16-9-10-22-18(11-16)21(25)24-15-7-8-19-20(12-15)27-13-26-19/h3-12H,2,13H2,1H3,(H,22,23)(H,24,25). The first kappa shape index (κ1) is 16.9. The molecule has 2 N–H and O–H groups in total. The summed E-state index contributed by atoms with van der Waals surface area (Å²) in [6.45, 7) is 2.30. The Morgan fingerprint density at radius 3 is 2.78 bits per heavy atom. The average molecular weight is 361 g/mol. The predicted molar refractivity (Wildman–Crippen MR) is 104 cm³/mol. The number of carbonyl (C=O) groups excluding carboxylic acids is 1. The number of carbonyl (C=O) groups is 1. The molecule has 1 amide bonds. The summed E-state index contributed by atoms with van der Waals surface area (Å²) < 4.78 is 10.6. The van der Waals surface area contributed by atoms with Gasteiger partial charge in [-0.3, -0.25) is 9.78 Å². The molecule has 0 unspecified atom stereocenters. The van der Waals surface area contributed by atoms with Gasteiger partial charge in [-0.2, -0.15) is 0 Å². The predicted octanol–water partition coefficient (Wildman–Crippen LogP) is 4.37. The van der Waals surface area contributed by atoms with Gasteiger partial charge in [0.1, 0.15) is 5.69 Å². The van der Waals surface area contributed by atoms with Gasteiger partial charge < -0.3 is 20.1 Å². The summed E-state index contributed by atoms with van der Waals surface area (Å²) >= 11 is 0. The van der Waals surface area contributed by atoms with Gasteiger partial charge in [0.15, 0.2) is 11.5 Å². The van der Waals surface area contributed by atoms with Crippen LogP contribution in [0.4, 0.5) is 17.1 Å². The second kappa shape index (κ2) is 7.37. The summed E-state index contributed by atoms with van der Waals surface area (Å²) in [6, 6.07) is 16.9. The molecule has 0 saturated carbocycles. The number of anilines is 3. The molecule has 27 heavy (non-hydrogen) atoms. The summed E-state index contributed by atoms with van der Waals surface area (Å²) in [4.78, 5) is 16.8. The van der Waals surface area contributed by atoms with Gasteiger partial charge in [-0.05, 0) is 42.3 Å². The Hall–Kier alpha value is -3.54. The van der Waals surface area contributed by atoms with E-state index in [0.29, 0.717) is 22.9 Å². The van der Waals surface area contributed by atoms with E-state index in [1.807, 2.05) is 24.3 Å². The summed E-state index contributed by atoms with van der Waals surface area (Å²) in [6.07, 6.45) is 2.54. The lowest BCUT2D eigenvalue weighted by molar-refractivity contribution is 0.102. The van der Waals surface area contributed by atoms with E-state index in [9.17, 15) is 4.79 Å². The number of nitrogens with one attached hydrogen (secondary N) is 2. The van der Waals surface area contributed by atoms with Gasteiger partial charge in [0, 0.05) is 29.3 Å². The Bertz CT molecular complexity index is 988. The molecular formula is C21H19N3O3. The lowest BCUT2D eigenvalue weighted by Gasteiger charge is -2.12. The van der Waals surface area contributed by atoms with Crippen molar-refractivity contribution < 1.29 is 14.3 Å². The molecule has 0 fully saturated rings. The van der Waals surface area contributed by atoms with Crippen LogP contribution >= 0.6 is 0 Å². The number of fused-ring (bicyclic) bond motifs is 1. The topological polar surface area (TPSA) is 72.5 Å². The van der Waals surface area contributed by atoms with Gasteiger partial charge in [0.25, 0.3) is 5.91 Å². The SMILES string of the molecule is CCc1ccccc1Nc1ccnc(C(=O)Nc2ccc3c(c2)OCO3)c1. The van der Waals surface area contributed by atoms with E-state index in [1.165, 1.54) is 5.56 Å². The molecule has 0 radical (unpaired) electrons. The highest BCUT2D eigenvalue weighted by atomic mass is 16.7. The van der Waals surface area contributed by atoms with Crippen molar-refractivity contribution in [3.8, 4) is 11.5 Å². The number of benzene rings is 2. The van der Waals surface area contributed by atoms with Crippen LogP contribution in [0.1, 0.15) is 23.0 Å². The third-order valence-electron chi connectivity index (χ3n) is 4.30. The summed E-state index contributed by atoms with van der Waals surface area (Å²) in [7, 11) is 0. The molecule has 1 aliphatic rings. The van der Waals surface area contributed by atoms with E-state index >= 15 is 0 Å². The maximum atomic E-state index is 12.6. The zero-order valence-corrected chi connectivity index (χ0v) is 14.9. The molecule has 2 heterocycles. The summed E-state index contributed by atoms with van der Waals surface area (Å²) in [5, 5.41) is 6.20. The fraction of sp³-hybridized carbons (Fsp3) is 0.143. The van der Waals surface area contributed by atoms with Crippen LogP contribution in [-0.4, -0.2) is 17.7 Å². The fourth-order valence-electron chi connectivity index (χ4n) is 2.91. The van der Waals surface area contributed by atoms with Crippen molar-refractivity contribution in [1.29, 1.82) is 0 Å². The normalized spacial score (nSPS) is 11.9. The molecule has 0 atom stereocenters. The Labute approximate surface area is 157 Å². The highest BCUT2D eigenvalue weighted by Gasteiger charge is 2.15. The number of ether oxygens (including phenoxy) is 2. The van der Waals surface area contributed by atoms with Crippen molar-refractivity contribution in [3.63, 3.8) is 0 Å². The molecule has 4 rings (SSSR count). The molecule has 6 heteroatoms. The highest BCUT2D eigenvalue weighted by Crippen LogP contribution is 2.34.